The number of methoxy groups -OCH3 is 1. The molecule has 0 bridgehead atoms. The molecule has 0 N–H and O–H groups in total. The molecule has 0 aliphatic carbocycles. The Morgan fingerprint density at radius 1 is 1.03 bits per heavy atom. The fourth-order valence-corrected chi connectivity index (χ4v) is 6.62. The van der Waals surface area contributed by atoms with Gasteiger partial charge in [0.2, 0.25) is 0 Å². The highest BCUT2D eigenvalue weighted by molar-refractivity contribution is 7.92. The van der Waals surface area contributed by atoms with Crippen LogP contribution in [-0.4, -0.2) is 60.4 Å². The number of nitrogens with zero attached hydrogens (tertiary/aromatic N) is 4. The highest BCUT2D eigenvalue weighted by Gasteiger charge is 2.30. The van der Waals surface area contributed by atoms with E-state index < -0.39 is 9.84 Å². The van der Waals surface area contributed by atoms with Gasteiger partial charge in [-0.1, -0.05) is 18.2 Å². The molecule has 2 aromatic heterocycles. The molecule has 1 saturated heterocycles. The van der Waals surface area contributed by atoms with Crippen LogP contribution in [0.5, 0.6) is 5.75 Å². The summed E-state index contributed by atoms with van der Waals surface area (Å²) < 4.78 is 47.1. The van der Waals surface area contributed by atoms with Crippen molar-refractivity contribution in [1.29, 1.82) is 0 Å². The fraction of sp³-hybridized carbons (Fsp3) is 0.333. The van der Waals surface area contributed by atoms with Crippen molar-refractivity contribution >= 4 is 15.5 Å². The summed E-state index contributed by atoms with van der Waals surface area (Å²) in [4.78, 5) is 2.53. The molecule has 188 valence electrons. The van der Waals surface area contributed by atoms with Gasteiger partial charge >= 0.3 is 0 Å². The average Bonchev–Trinajstić information content (AvgIpc) is 3.38. The van der Waals surface area contributed by atoms with Gasteiger partial charge in [0.25, 0.3) is 0 Å². The topological polar surface area (TPSA) is 76.8 Å². The van der Waals surface area contributed by atoms with Crippen LogP contribution in [0.3, 0.4) is 0 Å². The molecule has 5 rings (SSSR count). The number of pyridine rings is 1. The van der Waals surface area contributed by atoms with Crippen LogP contribution in [0.1, 0.15) is 24.1 Å². The number of halogens is 1. The molecule has 1 aliphatic rings. The number of sulfone groups is 1. The highest BCUT2D eigenvalue weighted by atomic mass is 32.2. The van der Waals surface area contributed by atoms with Crippen LogP contribution < -0.4 is 4.74 Å². The lowest BCUT2D eigenvalue weighted by Crippen LogP contribution is -2.37. The third-order valence-corrected chi connectivity index (χ3v) is 9.32. The van der Waals surface area contributed by atoms with E-state index in [1.807, 2.05) is 35.7 Å². The first-order valence-electron chi connectivity index (χ1n) is 12.0. The molecule has 0 saturated carbocycles. The summed E-state index contributed by atoms with van der Waals surface area (Å²) in [6.45, 7) is 1.60. The van der Waals surface area contributed by atoms with Crippen LogP contribution in [0.4, 0.5) is 4.39 Å². The fourth-order valence-electron chi connectivity index (χ4n) is 4.89. The Labute approximate surface area is 210 Å². The van der Waals surface area contributed by atoms with Gasteiger partial charge in [0.15, 0.2) is 15.5 Å². The van der Waals surface area contributed by atoms with E-state index in [0.717, 1.165) is 35.5 Å². The molecule has 0 spiro atoms. The maximum atomic E-state index is 13.5. The maximum absolute atomic E-state index is 13.5. The summed E-state index contributed by atoms with van der Waals surface area (Å²) in [6, 6.07) is 15.7. The number of hydrogen-bond donors (Lipinski definition) is 0. The van der Waals surface area contributed by atoms with Crippen molar-refractivity contribution in [3.8, 4) is 16.9 Å². The van der Waals surface area contributed by atoms with E-state index in [1.54, 1.807) is 24.5 Å². The third kappa shape index (κ3) is 4.73. The van der Waals surface area contributed by atoms with Gasteiger partial charge in [0, 0.05) is 17.3 Å². The van der Waals surface area contributed by atoms with Crippen molar-refractivity contribution < 1.29 is 17.5 Å². The average molecular weight is 509 g/mol. The monoisotopic (exact) mass is 508 g/mol. The second kappa shape index (κ2) is 9.99. The van der Waals surface area contributed by atoms with Gasteiger partial charge in [-0.3, -0.25) is 4.40 Å². The molecule has 9 heteroatoms. The zero-order valence-electron chi connectivity index (χ0n) is 20.4. The lowest BCUT2D eigenvalue weighted by Gasteiger charge is -2.28. The molecule has 36 heavy (non-hydrogen) atoms. The van der Waals surface area contributed by atoms with Crippen molar-refractivity contribution in [1.82, 2.24) is 19.5 Å². The summed E-state index contributed by atoms with van der Waals surface area (Å²) >= 11 is 0. The molecule has 4 aromatic rings. The predicted molar refractivity (Wildman–Crippen MR) is 136 cm³/mol. The number of piperidine rings is 1. The number of ether oxygens (including phenoxy) is 1. The Morgan fingerprint density at radius 2 is 1.78 bits per heavy atom. The van der Waals surface area contributed by atoms with E-state index in [-0.39, 0.29) is 11.1 Å². The number of hydrogen-bond acceptors (Lipinski definition) is 6. The predicted octanol–water partition coefficient (Wildman–Crippen LogP) is 4.20. The molecular weight excluding hydrogens is 479 g/mol. The number of benzene rings is 2. The second-order valence-electron chi connectivity index (χ2n) is 9.29. The Kier molecular flexibility index (Phi) is 6.77. The minimum atomic E-state index is -3.36. The molecule has 0 amide bonds. The largest absolute Gasteiger partial charge is 0.496 e. The first-order valence-corrected chi connectivity index (χ1v) is 13.6. The Bertz CT molecular complexity index is 1480. The van der Waals surface area contributed by atoms with Crippen LogP contribution in [0.25, 0.3) is 16.8 Å². The Morgan fingerprint density at radius 3 is 2.50 bits per heavy atom. The van der Waals surface area contributed by atoms with E-state index in [2.05, 4.69) is 15.1 Å². The molecule has 1 aliphatic heterocycles. The normalized spacial score (nSPS) is 15.4. The number of aryl methyl sites for hydroxylation is 2. The molecule has 0 radical (unpaired) electrons. The minimum absolute atomic E-state index is 0.327. The molecule has 2 aromatic carbocycles. The minimum Gasteiger partial charge on any atom is -0.496 e. The van der Waals surface area contributed by atoms with Crippen molar-refractivity contribution in [3.05, 3.63) is 78.0 Å². The van der Waals surface area contributed by atoms with Crippen LogP contribution in [0.2, 0.25) is 0 Å². The molecule has 7 nitrogen and oxygen atoms in total. The van der Waals surface area contributed by atoms with Gasteiger partial charge in [-0.05, 0) is 87.3 Å². The molecular formula is C27H29FN4O3S. The maximum Gasteiger partial charge on any atom is 0.181 e. The number of likely N-dealkylation sites (tertiary alicyclic amines) is 1. The smallest absolute Gasteiger partial charge is 0.181 e. The lowest BCUT2D eigenvalue weighted by atomic mass is 10.0. The van der Waals surface area contributed by atoms with Gasteiger partial charge in [-0.25, -0.2) is 12.8 Å². The molecule has 0 atom stereocenters. The summed E-state index contributed by atoms with van der Waals surface area (Å²) in [5.74, 6) is 0.202. The highest BCUT2D eigenvalue weighted by Crippen LogP contribution is 2.29. The summed E-state index contributed by atoms with van der Waals surface area (Å²) in [6.07, 6.45) is 4.34. The zero-order valence-corrected chi connectivity index (χ0v) is 21.2. The van der Waals surface area contributed by atoms with E-state index in [4.69, 9.17) is 4.74 Å². The Hall–Kier alpha value is -3.30. The SMILES string of the molecule is COc1cc(F)ccc1CCc1ccc(-c2ccc(S(=O)(=O)C3CCN(C)CC3)cc2)c2nncn12. The van der Waals surface area contributed by atoms with Crippen molar-refractivity contribution in [2.24, 2.45) is 0 Å². The van der Waals surface area contributed by atoms with Crippen molar-refractivity contribution in [2.45, 2.75) is 35.8 Å². The first-order chi connectivity index (χ1) is 17.4. The first kappa shape index (κ1) is 24.4. The summed E-state index contributed by atoms with van der Waals surface area (Å²) in [5.41, 5.74) is 4.38. The van der Waals surface area contributed by atoms with Crippen LogP contribution in [0, 0.1) is 5.82 Å². The van der Waals surface area contributed by atoms with Crippen LogP contribution >= 0.6 is 0 Å². The lowest BCUT2D eigenvalue weighted by molar-refractivity contribution is 0.277. The number of fused-ring (bicyclic) bond motifs is 1. The van der Waals surface area contributed by atoms with Gasteiger partial charge in [0.05, 0.1) is 17.3 Å². The molecule has 3 heterocycles. The van der Waals surface area contributed by atoms with Gasteiger partial charge in [-0.2, -0.15) is 0 Å². The van der Waals surface area contributed by atoms with E-state index in [9.17, 15) is 12.8 Å². The molecule has 0 unspecified atom stereocenters. The standard InChI is InChI=1S/C27H29FN4O3S/c1-31-15-13-24(14-16-31)36(33,34)23-10-5-19(6-11-23)25-12-9-22(32-18-29-30-27(25)32)8-4-20-3-7-21(28)17-26(20)35-2/h3,5-7,9-12,17-18,24H,4,8,13-16H2,1-2H3. The van der Waals surface area contributed by atoms with Crippen LogP contribution in [-0.2, 0) is 22.7 Å². The van der Waals surface area contributed by atoms with E-state index >= 15 is 0 Å². The second-order valence-corrected chi connectivity index (χ2v) is 11.5. The summed E-state index contributed by atoms with van der Waals surface area (Å²) in [5, 5.41) is 8.10. The van der Waals surface area contributed by atoms with Crippen LogP contribution in [0.15, 0.2) is 65.8 Å². The number of rotatable bonds is 7. The Balaban J connectivity index is 1.38. The third-order valence-electron chi connectivity index (χ3n) is 7.04. The summed E-state index contributed by atoms with van der Waals surface area (Å²) in [7, 11) is 0.200. The quantitative estimate of drug-likeness (QED) is 0.373. The van der Waals surface area contributed by atoms with Crippen molar-refractivity contribution in [3.63, 3.8) is 0 Å². The zero-order chi connectivity index (χ0) is 25.3. The van der Waals surface area contributed by atoms with E-state index in [0.29, 0.717) is 42.0 Å². The number of aromatic nitrogens is 3. The van der Waals surface area contributed by atoms with Gasteiger partial charge in [0.1, 0.15) is 17.9 Å². The van der Waals surface area contributed by atoms with E-state index in [1.165, 1.54) is 19.2 Å². The van der Waals surface area contributed by atoms with Gasteiger partial charge in [-0.15, -0.1) is 10.2 Å². The van der Waals surface area contributed by atoms with Crippen molar-refractivity contribution in [2.75, 3.05) is 27.2 Å². The van der Waals surface area contributed by atoms with Gasteiger partial charge < -0.3 is 9.64 Å². The molecule has 1 fully saturated rings.